The zero-order valence-corrected chi connectivity index (χ0v) is 15.9. The second-order valence-corrected chi connectivity index (χ2v) is 8.32. The number of thiophene rings is 1. The van der Waals surface area contributed by atoms with Crippen molar-refractivity contribution in [3.8, 4) is 11.3 Å². The number of aliphatic hydroxyl groups is 1. The summed E-state index contributed by atoms with van der Waals surface area (Å²) in [6.07, 6.45) is 3.24. The number of aryl methyl sites for hydroxylation is 1. The van der Waals surface area contributed by atoms with Crippen LogP contribution < -0.4 is 0 Å². The van der Waals surface area contributed by atoms with Crippen molar-refractivity contribution < 1.29 is 9.84 Å². The van der Waals surface area contributed by atoms with Gasteiger partial charge in [-0.05, 0) is 61.6 Å². The summed E-state index contributed by atoms with van der Waals surface area (Å²) in [5, 5.41) is 20.1. The van der Waals surface area contributed by atoms with Crippen molar-refractivity contribution in [1.82, 2.24) is 15.2 Å². The van der Waals surface area contributed by atoms with Crippen LogP contribution in [0.5, 0.6) is 0 Å². The summed E-state index contributed by atoms with van der Waals surface area (Å²) in [6, 6.07) is 10.5. The van der Waals surface area contributed by atoms with E-state index in [9.17, 15) is 5.11 Å². The monoisotopic (exact) mass is 379 g/mol. The highest BCUT2D eigenvalue weighted by Crippen LogP contribution is 2.37. The largest absolute Gasteiger partial charge is 0.387 e. The third kappa shape index (κ3) is 3.04. The number of hydrogen-bond donors (Lipinski definition) is 2. The number of aliphatic hydroxyl groups excluding tert-OH is 1. The molecule has 1 aliphatic heterocycles. The fraction of sp³-hybridized carbons (Fsp3) is 0.333. The zero-order chi connectivity index (χ0) is 18.4. The van der Waals surface area contributed by atoms with Gasteiger partial charge in [0.15, 0.2) is 0 Å². The second-order valence-electron chi connectivity index (χ2n) is 7.26. The van der Waals surface area contributed by atoms with Crippen LogP contribution in [-0.4, -0.2) is 33.5 Å². The third-order valence-corrected chi connectivity index (χ3v) is 6.58. The summed E-state index contributed by atoms with van der Waals surface area (Å²) in [6.45, 7) is 3.58. The number of H-pyrrole nitrogens is 1. The van der Waals surface area contributed by atoms with E-state index in [2.05, 4.69) is 47.5 Å². The van der Waals surface area contributed by atoms with Gasteiger partial charge < -0.3 is 9.84 Å². The molecule has 0 spiro atoms. The zero-order valence-electron chi connectivity index (χ0n) is 15.1. The fourth-order valence-corrected chi connectivity index (χ4v) is 4.98. The van der Waals surface area contributed by atoms with Crippen molar-refractivity contribution in [1.29, 1.82) is 0 Å². The van der Waals surface area contributed by atoms with Gasteiger partial charge in [0, 0.05) is 34.4 Å². The van der Waals surface area contributed by atoms with E-state index < -0.39 is 6.10 Å². The molecule has 0 radical (unpaired) electrons. The molecule has 5 nitrogen and oxygen atoms in total. The van der Waals surface area contributed by atoms with Crippen LogP contribution in [-0.2, 0) is 4.74 Å². The molecular formula is C21H21N3O2S. The Bertz CT molecular complexity index is 1110. The minimum Gasteiger partial charge on any atom is -0.387 e. The van der Waals surface area contributed by atoms with Crippen LogP contribution in [0.15, 0.2) is 36.5 Å². The Kier molecular flexibility index (Phi) is 4.19. The molecule has 1 unspecified atom stereocenters. The first-order chi connectivity index (χ1) is 13.2. The van der Waals surface area contributed by atoms with E-state index in [0.29, 0.717) is 0 Å². The minimum absolute atomic E-state index is 0.275. The SMILES string of the molecule is Cc1cc2[nH]ncc2cc1-c1ccc2cc(C(O)C3CCOCC3)sc2n1. The maximum atomic E-state index is 10.8. The predicted octanol–water partition coefficient (Wildman–Crippen LogP) is 4.61. The Labute approximate surface area is 161 Å². The molecule has 1 fully saturated rings. The van der Waals surface area contributed by atoms with Crippen LogP contribution in [0.25, 0.3) is 32.4 Å². The molecule has 0 aliphatic carbocycles. The van der Waals surface area contributed by atoms with Gasteiger partial charge >= 0.3 is 0 Å². The lowest BCUT2D eigenvalue weighted by Crippen LogP contribution is -2.21. The lowest BCUT2D eigenvalue weighted by atomic mass is 9.93. The molecule has 4 heterocycles. The number of benzene rings is 1. The molecule has 6 heteroatoms. The Balaban J connectivity index is 1.52. The minimum atomic E-state index is -0.430. The number of ether oxygens (including phenoxy) is 1. The lowest BCUT2D eigenvalue weighted by molar-refractivity contribution is 0.00856. The van der Waals surface area contributed by atoms with Crippen molar-refractivity contribution in [2.24, 2.45) is 5.92 Å². The number of pyridine rings is 1. The molecule has 5 rings (SSSR count). The quantitative estimate of drug-likeness (QED) is 0.545. The molecule has 27 heavy (non-hydrogen) atoms. The Hall–Kier alpha value is -2.28. The van der Waals surface area contributed by atoms with Gasteiger partial charge in [-0.1, -0.05) is 0 Å². The Morgan fingerprint density at radius 1 is 1.19 bits per heavy atom. The summed E-state index contributed by atoms with van der Waals surface area (Å²) >= 11 is 1.60. The Morgan fingerprint density at radius 3 is 2.89 bits per heavy atom. The summed E-state index contributed by atoms with van der Waals surface area (Å²) in [7, 11) is 0. The number of nitrogens with one attached hydrogen (secondary N) is 1. The standard InChI is InChI=1S/C21H21N3O2S/c1-12-8-18-15(11-22-24-18)9-16(12)17-3-2-14-10-19(27-21(14)23-17)20(25)13-4-6-26-7-5-13/h2-3,8-11,13,20,25H,4-7H2,1H3,(H,22,24). The summed E-state index contributed by atoms with van der Waals surface area (Å²) in [5.74, 6) is 0.275. The summed E-state index contributed by atoms with van der Waals surface area (Å²) in [4.78, 5) is 6.87. The molecular weight excluding hydrogens is 358 g/mol. The van der Waals surface area contributed by atoms with Gasteiger partial charge in [-0.2, -0.15) is 5.10 Å². The number of aromatic nitrogens is 3. The molecule has 1 saturated heterocycles. The van der Waals surface area contributed by atoms with E-state index in [0.717, 1.165) is 68.9 Å². The third-order valence-electron chi connectivity index (χ3n) is 5.47. The number of hydrogen-bond acceptors (Lipinski definition) is 5. The molecule has 2 N–H and O–H groups in total. The van der Waals surface area contributed by atoms with Crippen LogP contribution in [0.2, 0.25) is 0 Å². The van der Waals surface area contributed by atoms with Crippen molar-refractivity contribution in [3.05, 3.63) is 47.0 Å². The van der Waals surface area contributed by atoms with E-state index in [4.69, 9.17) is 9.72 Å². The highest BCUT2D eigenvalue weighted by molar-refractivity contribution is 7.18. The molecule has 1 aliphatic rings. The molecule has 0 saturated carbocycles. The fourth-order valence-electron chi connectivity index (χ4n) is 3.87. The molecule has 0 bridgehead atoms. The lowest BCUT2D eigenvalue weighted by Gasteiger charge is -2.25. The number of fused-ring (bicyclic) bond motifs is 2. The van der Waals surface area contributed by atoms with E-state index in [1.165, 1.54) is 0 Å². The van der Waals surface area contributed by atoms with E-state index in [1.807, 2.05) is 6.20 Å². The molecule has 1 atom stereocenters. The average Bonchev–Trinajstić information content (AvgIpc) is 3.33. The van der Waals surface area contributed by atoms with E-state index in [1.54, 1.807) is 11.3 Å². The van der Waals surface area contributed by atoms with Gasteiger partial charge in [0.05, 0.1) is 23.5 Å². The van der Waals surface area contributed by atoms with Crippen LogP contribution in [0.4, 0.5) is 0 Å². The van der Waals surface area contributed by atoms with Gasteiger partial charge in [-0.3, -0.25) is 5.10 Å². The topological polar surface area (TPSA) is 71.0 Å². The first-order valence-corrected chi connectivity index (χ1v) is 10.1. The highest BCUT2D eigenvalue weighted by Gasteiger charge is 2.25. The highest BCUT2D eigenvalue weighted by atomic mass is 32.1. The molecule has 1 aromatic carbocycles. The van der Waals surface area contributed by atoms with Crippen molar-refractivity contribution in [2.45, 2.75) is 25.9 Å². The molecule has 3 aromatic heterocycles. The van der Waals surface area contributed by atoms with Crippen LogP contribution in [0, 0.1) is 12.8 Å². The van der Waals surface area contributed by atoms with E-state index in [-0.39, 0.29) is 5.92 Å². The van der Waals surface area contributed by atoms with Gasteiger partial charge in [-0.15, -0.1) is 11.3 Å². The van der Waals surface area contributed by atoms with E-state index >= 15 is 0 Å². The smallest absolute Gasteiger partial charge is 0.124 e. The van der Waals surface area contributed by atoms with Crippen LogP contribution >= 0.6 is 11.3 Å². The van der Waals surface area contributed by atoms with Crippen molar-refractivity contribution in [3.63, 3.8) is 0 Å². The molecule has 138 valence electrons. The van der Waals surface area contributed by atoms with Crippen LogP contribution in [0.3, 0.4) is 0 Å². The van der Waals surface area contributed by atoms with Gasteiger partial charge in [0.1, 0.15) is 4.83 Å². The first kappa shape index (κ1) is 16.9. The van der Waals surface area contributed by atoms with Gasteiger partial charge in [0.25, 0.3) is 0 Å². The van der Waals surface area contributed by atoms with Gasteiger partial charge in [0.2, 0.25) is 0 Å². The Morgan fingerprint density at radius 2 is 2.04 bits per heavy atom. The van der Waals surface area contributed by atoms with Crippen molar-refractivity contribution >= 4 is 32.5 Å². The first-order valence-electron chi connectivity index (χ1n) is 9.29. The molecule has 4 aromatic rings. The predicted molar refractivity (Wildman–Crippen MR) is 108 cm³/mol. The second kappa shape index (κ2) is 6.71. The maximum absolute atomic E-state index is 10.8. The number of aromatic amines is 1. The maximum Gasteiger partial charge on any atom is 0.124 e. The average molecular weight is 379 g/mol. The number of rotatable bonds is 3. The normalized spacial score (nSPS) is 17.0. The number of nitrogens with zero attached hydrogens (tertiary/aromatic N) is 2. The van der Waals surface area contributed by atoms with Crippen LogP contribution in [0.1, 0.15) is 29.4 Å². The molecule has 0 amide bonds. The van der Waals surface area contributed by atoms with Crippen molar-refractivity contribution in [2.75, 3.05) is 13.2 Å². The van der Waals surface area contributed by atoms with Gasteiger partial charge in [-0.25, -0.2) is 4.98 Å². The summed E-state index contributed by atoms with van der Waals surface area (Å²) in [5.41, 5.74) is 4.27. The summed E-state index contributed by atoms with van der Waals surface area (Å²) < 4.78 is 5.42.